The van der Waals surface area contributed by atoms with E-state index in [9.17, 15) is 0 Å². The average molecular weight is 224 g/mol. The van der Waals surface area contributed by atoms with E-state index in [2.05, 4.69) is 17.2 Å². The normalized spacial score (nSPS) is 32.7. The Morgan fingerprint density at radius 3 is 2.80 bits per heavy atom. The van der Waals surface area contributed by atoms with E-state index in [1.165, 1.54) is 25.7 Å². The molecule has 2 aliphatic rings. The van der Waals surface area contributed by atoms with Crippen molar-refractivity contribution in [1.82, 2.24) is 10.6 Å². The Morgan fingerprint density at radius 1 is 1.33 bits per heavy atom. The van der Waals surface area contributed by atoms with Gasteiger partial charge in [0, 0.05) is 13.1 Å². The number of nitrogens with one attached hydrogen (secondary N) is 2. The third-order valence-electron chi connectivity index (χ3n) is 3.82. The highest BCUT2D eigenvalue weighted by molar-refractivity contribution is 7.80. The van der Waals surface area contributed by atoms with Gasteiger partial charge in [0.15, 0.2) is 5.11 Å². The van der Waals surface area contributed by atoms with Crippen LogP contribution >= 0.6 is 12.2 Å². The molecule has 2 bridgehead atoms. The Kier molecular flexibility index (Phi) is 3.62. The molecule has 0 aromatic carbocycles. The summed E-state index contributed by atoms with van der Waals surface area (Å²) in [5.74, 6) is 2.87. The van der Waals surface area contributed by atoms with Crippen molar-refractivity contribution in [2.75, 3.05) is 13.1 Å². The molecule has 2 fully saturated rings. The highest BCUT2D eigenvalue weighted by Crippen LogP contribution is 2.47. The van der Waals surface area contributed by atoms with E-state index in [0.717, 1.165) is 36.0 Å². The fraction of sp³-hybridized carbons (Fsp3) is 0.750. The SMILES string of the molecule is C=CCNC(=S)NC[C@@H]1C[C@@H]2CC[C@@H]1C2. The van der Waals surface area contributed by atoms with Crippen LogP contribution in [0, 0.1) is 17.8 Å². The molecule has 84 valence electrons. The Labute approximate surface area is 97.5 Å². The van der Waals surface area contributed by atoms with Crippen LogP contribution in [0.4, 0.5) is 0 Å². The Balaban J connectivity index is 1.65. The maximum Gasteiger partial charge on any atom is 0.166 e. The summed E-state index contributed by atoms with van der Waals surface area (Å²) in [6.07, 6.45) is 7.64. The third kappa shape index (κ3) is 2.71. The molecule has 0 aromatic heterocycles. The van der Waals surface area contributed by atoms with Crippen LogP contribution in [0.25, 0.3) is 0 Å². The van der Waals surface area contributed by atoms with Crippen LogP contribution in [0.2, 0.25) is 0 Å². The molecule has 0 amide bonds. The summed E-state index contributed by atoms with van der Waals surface area (Å²) >= 11 is 5.17. The van der Waals surface area contributed by atoms with Crippen molar-refractivity contribution in [3.8, 4) is 0 Å². The Bertz CT molecular complexity index is 252. The predicted molar refractivity (Wildman–Crippen MR) is 67.7 cm³/mol. The molecule has 3 atom stereocenters. The molecular weight excluding hydrogens is 204 g/mol. The van der Waals surface area contributed by atoms with Gasteiger partial charge >= 0.3 is 0 Å². The summed E-state index contributed by atoms with van der Waals surface area (Å²) in [4.78, 5) is 0. The number of rotatable bonds is 4. The molecule has 2 N–H and O–H groups in total. The zero-order chi connectivity index (χ0) is 10.7. The first-order chi connectivity index (χ1) is 7.29. The van der Waals surface area contributed by atoms with Gasteiger partial charge in [-0.15, -0.1) is 6.58 Å². The van der Waals surface area contributed by atoms with Crippen molar-refractivity contribution < 1.29 is 0 Å². The van der Waals surface area contributed by atoms with Crippen LogP contribution in [-0.4, -0.2) is 18.2 Å². The summed E-state index contributed by atoms with van der Waals surface area (Å²) < 4.78 is 0. The molecule has 2 aliphatic carbocycles. The topological polar surface area (TPSA) is 24.1 Å². The molecule has 2 saturated carbocycles. The van der Waals surface area contributed by atoms with E-state index >= 15 is 0 Å². The monoisotopic (exact) mass is 224 g/mol. The van der Waals surface area contributed by atoms with Gasteiger partial charge in [-0.2, -0.15) is 0 Å². The summed E-state index contributed by atoms with van der Waals surface area (Å²) in [5.41, 5.74) is 0. The number of hydrogen-bond donors (Lipinski definition) is 2. The second-order valence-electron chi connectivity index (χ2n) is 4.81. The molecule has 2 rings (SSSR count). The molecule has 0 heterocycles. The van der Waals surface area contributed by atoms with Gasteiger partial charge in [-0.3, -0.25) is 0 Å². The predicted octanol–water partition coefficient (Wildman–Crippen LogP) is 2.07. The lowest BCUT2D eigenvalue weighted by Gasteiger charge is -2.22. The van der Waals surface area contributed by atoms with Crippen molar-refractivity contribution >= 4 is 17.3 Å². The maximum atomic E-state index is 5.17. The molecule has 0 unspecified atom stereocenters. The van der Waals surface area contributed by atoms with Gasteiger partial charge < -0.3 is 10.6 Å². The largest absolute Gasteiger partial charge is 0.362 e. The van der Waals surface area contributed by atoms with Gasteiger partial charge in [-0.25, -0.2) is 0 Å². The van der Waals surface area contributed by atoms with Gasteiger partial charge in [0.25, 0.3) is 0 Å². The molecular formula is C12H20N2S. The fourth-order valence-electron chi connectivity index (χ4n) is 3.08. The van der Waals surface area contributed by atoms with Crippen LogP contribution in [0.5, 0.6) is 0 Å². The lowest BCUT2D eigenvalue weighted by molar-refractivity contribution is 0.332. The second kappa shape index (κ2) is 4.97. The summed E-state index contributed by atoms with van der Waals surface area (Å²) in [6, 6.07) is 0. The highest BCUT2D eigenvalue weighted by atomic mass is 32.1. The van der Waals surface area contributed by atoms with Crippen LogP contribution in [-0.2, 0) is 0 Å². The van der Waals surface area contributed by atoms with Gasteiger partial charge in [0.05, 0.1) is 0 Å². The minimum absolute atomic E-state index is 0.753. The molecule has 0 spiro atoms. The molecule has 0 aromatic rings. The number of fused-ring (bicyclic) bond motifs is 2. The van der Waals surface area contributed by atoms with Crippen molar-refractivity contribution in [2.24, 2.45) is 17.8 Å². The van der Waals surface area contributed by atoms with E-state index < -0.39 is 0 Å². The second-order valence-corrected chi connectivity index (χ2v) is 5.22. The molecule has 0 saturated heterocycles. The minimum atomic E-state index is 0.753. The maximum absolute atomic E-state index is 5.17. The number of hydrogen-bond acceptors (Lipinski definition) is 1. The first-order valence-electron chi connectivity index (χ1n) is 5.92. The highest BCUT2D eigenvalue weighted by Gasteiger charge is 2.39. The van der Waals surface area contributed by atoms with Crippen LogP contribution in [0.1, 0.15) is 25.7 Å². The summed E-state index contributed by atoms with van der Waals surface area (Å²) in [6.45, 7) is 5.46. The zero-order valence-electron chi connectivity index (χ0n) is 9.17. The zero-order valence-corrected chi connectivity index (χ0v) is 9.98. The van der Waals surface area contributed by atoms with Crippen molar-refractivity contribution in [1.29, 1.82) is 0 Å². The van der Waals surface area contributed by atoms with Gasteiger partial charge in [0.1, 0.15) is 0 Å². The molecule has 0 aliphatic heterocycles. The first-order valence-corrected chi connectivity index (χ1v) is 6.33. The van der Waals surface area contributed by atoms with Crippen molar-refractivity contribution in [3.63, 3.8) is 0 Å². The average Bonchev–Trinajstić information content (AvgIpc) is 2.84. The van der Waals surface area contributed by atoms with Gasteiger partial charge in [-0.1, -0.05) is 12.5 Å². The first kappa shape index (κ1) is 10.9. The lowest BCUT2D eigenvalue weighted by atomic mass is 9.89. The van der Waals surface area contributed by atoms with Crippen molar-refractivity contribution in [2.45, 2.75) is 25.7 Å². The van der Waals surface area contributed by atoms with E-state index in [1.807, 2.05) is 6.08 Å². The quantitative estimate of drug-likeness (QED) is 0.565. The molecule has 15 heavy (non-hydrogen) atoms. The van der Waals surface area contributed by atoms with Gasteiger partial charge in [0.2, 0.25) is 0 Å². The summed E-state index contributed by atoms with van der Waals surface area (Å²) in [5, 5.41) is 7.20. The smallest absolute Gasteiger partial charge is 0.166 e. The van der Waals surface area contributed by atoms with Crippen molar-refractivity contribution in [3.05, 3.63) is 12.7 Å². The molecule has 3 heteroatoms. The van der Waals surface area contributed by atoms with E-state index in [1.54, 1.807) is 0 Å². The van der Waals surface area contributed by atoms with Crippen LogP contribution in [0.3, 0.4) is 0 Å². The van der Waals surface area contributed by atoms with E-state index in [0.29, 0.717) is 0 Å². The standard InChI is InChI=1S/C12H20N2S/c1-2-5-13-12(15)14-8-11-7-9-3-4-10(11)6-9/h2,9-11H,1,3-8H2,(H2,13,14,15)/t9-,10-,11+/m1/s1. The fourth-order valence-corrected chi connectivity index (χ4v) is 3.24. The Morgan fingerprint density at radius 2 is 2.20 bits per heavy atom. The van der Waals surface area contributed by atoms with Crippen LogP contribution in [0.15, 0.2) is 12.7 Å². The van der Waals surface area contributed by atoms with E-state index in [4.69, 9.17) is 12.2 Å². The number of thiocarbonyl (C=S) groups is 1. The molecule has 2 nitrogen and oxygen atoms in total. The van der Waals surface area contributed by atoms with Gasteiger partial charge in [-0.05, 0) is 49.2 Å². The third-order valence-corrected chi connectivity index (χ3v) is 4.10. The Hall–Kier alpha value is -0.570. The lowest BCUT2D eigenvalue weighted by Crippen LogP contribution is -2.39. The van der Waals surface area contributed by atoms with Crippen LogP contribution < -0.4 is 10.6 Å². The molecule has 0 radical (unpaired) electrons. The summed E-state index contributed by atoms with van der Waals surface area (Å²) in [7, 11) is 0. The van der Waals surface area contributed by atoms with E-state index in [-0.39, 0.29) is 0 Å². The minimum Gasteiger partial charge on any atom is -0.362 e.